The van der Waals surface area contributed by atoms with E-state index in [1.54, 1.807) is 0 Å². The van der Waals surface area contributed by atoms with Gasteiger partial charge < -0.3 is 10.1 Å². The minimum atomic E-state index is 0.0516. The lowest BCUT2D eigenvalue weighted by Gasteiger charge is -2.26. The van der Waals surface area contributed by atoms with Crippen LogP contribution in [0, 0.1) is 0 Å². The van der Waals surface area contributed by atoms with Crippen molar-refractivity contribution in [3.63, 3.8) is 0 Å². The Balaban J connectivity index is 2.43. The van der Waals surface area contributed by atoms with E-state index in [0.717, 1.165) is 19.6 Å². The van der Waals surface area contributed by atoms with E-state index in [0.29, 0.717) is 6.04 Å². The van der Waals surface area contributed by atoms with E-state index >= 15 is 0 Å². The minimum absolute atomic E-state index is 0.0516. The van der Waals surface area contributed by atoms with Crippen LogP contribution in [-0.2, 0) is 4.74 Å². The van der Waals surface area contributed by atoms with Crippen LogP contribution in [-0.4, -0.2) is 24.8 Å². The monoisotopic (exact) mass is 143 g/mol. The summed E-state index contributed by atoms with van der Waals surface area (Å²) in [5.41, 5.74) is 0.0516. The van der Waals surface area contributed by atoms with Crippen molar-refractivity contribution in [2.75, 3.05) is 13.2 Å². The second kappa shape index (κ2) is 2.89. The van der Waals surface area contributed by atoms with Gasteiger partial charge in [0.25, 0.3) is 0 Å². The van der Waals surface area contributed by atoms with Crippen LogP contribution >= 0.6 is 0 Å². The molecule has 1 heterocycles. The zero-order valence-electron chi connectivity index (χ0n) is 7.11. The summed E-state index contributed by atoms with van der Waals surface area (Å²) in [5, 5.41) is 3.41. The van der Waals surface area contributed by atoms with E-state index < -0.39 is 0 Å². The van der Waals surface area contributed by atoms with Crippen LogP contribution < -0.4 is 5.32 Å². The highest BCUT2D eigenvalue weighted by Gasteiger charge is 2.34. The van der Waals surface area contributed by atoms with Crippen molar-refractivity contribution in [1.82, 2.24) is 5.32 Å². The number of hydrogen-bond donors (Lipinski definition) is 1. The molecule has 2 nitrogen and oxygen atoms in total. The average Bonchev–Trinajstić information content (AvgIpc) is 2.13. The van der Waals surface area contributed by atoms with Crippen LogP contribution in [0.4, 0.5) is 0 Å². The zero-order chi connectivity index (χ0) is 7.61. The van der Waals surface area contributed by atoms with Crippen LogP contribution in [0.2, 0.25) is 0 Å². The Morgan fingerprint density at radius 2 is 2.30 bits per heavy atom. The van der Waals surface area contributed by atoms with Crippen LogP contribution in [0.25, 0.3) is 0 Å². The largest absolute Gasteiger partial charge is 0.374 e. The van der Waals surface area contributed by atoms with Crippen LogP contribution in [0.5, 0.6) is 0 Å². The Hall–Kier alpha value is -0.0800. The molecule has 1 unspecified atom stereocenters. The van der Waals surface area contributed by atoms with Gasteiger partial charge in [-0.25, -0.2) is 0 Å². The van der Waals surface area contributed by atoms with Crippen molar-refractivity contribution >= 4 is 0 Å². The lowest BCUT2D eigenvalue weighted by atomic mass is 9.99. The molecule has 0 spiro atoms. The van der Waals surface area contributed by atoms with Crippen molar-refractivity contribution in [2.45, 2.75) is 38.8 Å². The van der Waals surface area contributed by atoms with Gasteiger partial charge in [0.05, 0.1) is 5.60 Å². The second-order valence-corrected chi connectivity index (χ2v) is 3.35. The molecule has 0 aliphatic carbocycles. The SMILES string of the molecule is CCNC1CCOC1(C)C. The van der Waals surface area contributed by atoms with E-state index in [-0.39, 0.29) is 5.60 Å². The Labute approximate surface area is 63.0 Å². The zero-order valence-corrected chi connectivity index (χ0v) is 7.11. The minimum Gasteiger partial charge on any atom is -0.374 e. The molecule has 1 rings (SSSR count). The molecule has 10 heavy (non-hydrogen) atoms. The topological polar surface area (TPSA) is 21.3 Å². The molecule has 1 aliphatic rings. The van der Waals surface area contributed by atoms with E-state index in [1.165, 1.54) is 0 Å². The third-order valence-electron chi connectivity index (χ3n) is 2.17. The molecule has 1 saturated heterocycles. The normalized spacial score (nSPS) is 30.9. The molecule has 0 radical (unpaired) electrons. The highest BCUT2D eigenvalue weighted by Crippen LogP contribution is 2.24. The van der Waals surface area contributed by atoms with Gasteiger partial charge in [-0.3, -0.25) is 0 Å². The van der Waals surface area contributed by atoms with E-state index in [4.69, 9.17) is 4.74 Å². The highest BCUT2D eigenvalue weighted by atomic mass is 16.5. The van der Waals surface area contributed by atoms with Crippen molar-refractivity contribution in [1.29, 1.82) is 0 Å². The highest BCUT2D eigenvalue weighted by molar-refractivity contribution is 4.89. The fourth-order valence-corrected chi connectivity index (χ4v) is 1.48. The van der Waals surface area contributed by atoms with Gasteiger partial charge in [-0.05, 0) is 26.8 Å². The first-order chi connectivity index (χ1) is 4.67. The molecule has 2 heteroatoms. The van der Waals surface area contributed by atoms with Gasteiger partial charge in [-0.1, -0.05) is 6.92 Å². The van der Waals surface area contributed by atoms with Crippen molar-refractivity contribution < 1.29 is 4.74 Å². The molecule has 0 saturated carbocycles. The Morgan fingerprint density at radius 3 is 2.70 bits per heavy atom. The lowest BCUT2D eigenvalue weighted by Crippen LogP contribution is -2.43. The predicted octanol–water partition coefficient (Wildman–Crippen LogP) is 1.16. The quantitative estimate of drug-likeness (QED) is 0.626. The third kappa shape index (κ3) is 1.50. The predicted molar refractivity (Wildman–Crippen MR) is 42.1 cm³/mol. The molecule has 0 aromatic rings. The molecule has 0 aromatic carbocycles. The summed E-state index contributed by atoms with van der Waals surface area (Å²) >= 11 is 0. The van der Waals surface area contributed by atoms with E-state index in [2.05, 4.69) is 26.1 Å². The molecule has 0 amide bonds. The number of hydrogen-bond acceptors (Lipinski definition) is 2. The standard InChI is InChI=1S/C8H17NO/c1-4-9-7-5-6-10-8(7,2)3/h7,9H,4-6H2,1-3H3. The second-order valence-electron chi connectivity index (χ2n) is 3.35. The van der Waals surface area contributed by atoms with Crippen LogP contribution in [0.15, 0.2) is 0 Å². The van der Waals surface area contributed by atoms with Crippen LogP contribution in [0.3, 0.4) is 0 Å². The maximum atomic E-state index is 5.54. The summed E-state index contributed by atoms with van der Waals surface area (Å²) in [4.78, 5) is 0. The van der Waals surface area contributed by atoms with Gasteiger partial charge in [0.2, 0.25) is 0 Å². The Morgan fingerprint density at radius 1 is 1.60 bits per heavy atom. The van der Waals surface area contributed by atoms with E-state index in [9.17, 15) is 0 Å². The maximum Gasteiger partial charge on any atom is 0.0779 e. The van der Waals surface area contributed by atoms with Crippen LogP contribution in [0.1, 0.15) is 27.2 Å². The number of nitrogens with one attached hydrogen (secondary N) is 1. The summed E-state index contributed by atoms with van der Waals surface area (Å²) in [5.74, 6) is 0. The van der Waals surface area contributed by atoms with Gasteiger partial charge in [0, 0.05) is 12.6 Å². The number of likely N-dealkylation sites (N-methyl/N-ethyl adjacent to an activating group) is 1. The summed E-state index contributed by atoms with van der Waals surface area (Å²) in [6.45, 7) is 8.37. The Kier molecular flexibility index (Phi) is 2.32. The van der Waals surface area contributed by atoms with Gasteiger partial charge >= 0.3 is 0 Å². The number of ether oxygens (including phenoxy) is 1. The molecule has 1 aliphatic heterocycles. The lowest BCUT2D eigenvalue weighted by molar-refractivity contribution is 0.0220. The van der Waals surface area contributed by atoms with Crippen molar-refractivity contribution in [2.24, 2.45) is 0 Å². The number of rotatable bonds is 2. The van der Waals surface area contributed by atoms with E-state index in [1.807, 2.05) is 0 Å². The third-order valence-corrected chi connectivity index (χ3v) is 2.17. The molecular weight excluding hydrogens is 126 g/mol. The Bertz CT molecular complexity index is 112. The molecule has 1 atom stereocenters. The molecular formula is C8H17NO. The molecule has 1 fully saturated rings. The first-order valence-corrected chi connectivity index (χ1v) is 4.04. The van der Waals surface area contributed by atoms with Gasteiger partial charge in [0.1, 0.15) is 0 Å². The van der Waals surface area contributed by atoms with Gasteiger partial charge in [0.15, 0.2) is 0 Å². The van der Waals surface area contributed by atoms with Gasteiger partial charge in [-0.15, -0.1) is 0 Å². The molecule has 60 valence electrons. The van der Waals surface area contributed by atoms with Gasteiger partial charge in [-0.2, -0.15) is 0 Å². The summed E-state index contributed by atoms with van der Waals surface area (Å²) in [6.07, 6.45) is 1.15. The average molecular weight is 143 g/mol. The van der Waals surface area contributed by atoms with Crippen molar-refractivity contribution in [3.05, 3.63) is 0 Å². The summed E-state index contributed by atoms with van der Waals surface area (Å²) in [6, 6.07) is 0.553. The van der Waals surface area contributed by atoms with Crippen molar-refractivity contribution in [3.8, 4) is 0 Å². The molecule has 0 aromatic heterocycles. The smallest absolute Gasteiger partial charge is 0.0779 e. The molecule has 0 bridgehead atoms. The summed E-state index contributed by atoms with van der Waals surface area (Å²) in [7, 11) is 0. The maximum absolute atomic E-state index is 5.54. The first kappa shape index (κ1) is 8.02. The fourth-order valence-electron chi connectivity index (χ4n) is 1.48. The fraction of sp³-hybridized carbons (Fsp3) is 1.00. The first-order valence-electron chi connectivity index (χ1n) is 4.04. The summed E-state index contributed by atoms with van der Waals surface area (Å²) < 4.78 is 5.54. The molecule has 1 N–H and O–H groups in total.